The number of hydrogen-bond donors (Lipinski definition) is 0. The maximum absolute atomic E-state index is 12.6. The van der Waals surface area contributed by atoms with Crippen LogP contribution in [0.4, 0.5) is 0 Å². The van der Waals surface area contributed by atoms with Crippen LogP contribution in [0.25, 0.3) is 11.0 Å². The zero-order valence-electron chi connectivity index (χ0n) is 13.3. The van der Waals surface area contributed by atoms with Gasteiger partial charge in [-0.2, -0.15) is 0 Å². The average molecular weight is 325 g/mol. The summed E-state index contributed by atoms with van der Waals surface area (Å²) in [5, 5.41) is 0. The molecule has 3 aromatic rings. The summed E-state index contributed by atoms with van der Waals surface area (Å²) < 4.78 is 2.29. The van der Waals surface area contributed by atoms with Crippen LogP contribution in [0, 0.1) is 13.8 Å². The number of benzene rings is 1. The highest BCUT2D eigenvalue weighted by Gasteiger charge is 2.30. The highest BCUT2D eigenvalue weighted by Crippen LogP contribution is 2.29. The number of aromatic nitrogens is 2. The molecule has 0 bridgehead atoms. The van der Waals surface area contributed by atoms with Crippen molar-refractivity contribution in [3.05, 3.63) is 52.0 Å². The minimum Gasteiger partial charge on any atom is -0.336 e. The van der Waals surface area contributed by atoms with Gasteiger partial charge < -0.3 is 9.47 Å². The maximum Gasteiger partial charge on any atom is 0.263 e. The van der Waals surface area contributed by atoms with E-state index >= 15 is 0 Å². The molecule has 2 aromatic heterocycles. The molecule has 1 saturated heterocycles. The van der Waals surface area contributed by atoms with Crippen LogP contribution < -0.4 is 0 Å². The van der Waals surface area contributed by atoms with Crippen LogP contribution in [0.5, 0.6) is 0 Å². The lowest BCUT2D eigenvalue weighted by Gasteiger charge is -2.18. The minimum absolute atomic E-state index is 0.160. The van der Waals surface area contributed by atoms with Crippen molar-refractivity contribution in [1.82, 2.24) is 14.5 Å². The van der Waals surface area contributed by atoms with E-state index in [1.807, 2.05) is 49.1 Å². The van der Waals surface area contributed by atoms with Gasteiger partial charge in [0.15, 0.2) is 0 Å². The van der Waals surface area contributed by atoms with E-state index in [4.69, 9.17) is 0 Å². The predicted octanol–water partition coefficient (Wildman–Crippen LogP) is 3.80. The highest BCUT2D eigenvalue weighted by molar-refractivity contribution is 7.13. The van der Waals surface area contributed by atoms with Gasteiger partial charge in [-0.3, -0.25) is 4.79 Å². The lowest BCUT2D eigenvalue weighted by atomic mass is 10.2. The molecule has 1 amide bonds. The van der Waals surface area contributed by atoms with Gasteiger partial charge in [0.2, 0.25) is 0 Å². The zero-order chi connectivity index (χ0) is 16.0. The first-order valence-corrected chi connectivity index (χ1v) is 8.74. The summed E-state index contributed by atoms with van der Waals surface area (Å²) in [6.45, 7) is 5.66. The van der Waals surface area contributed by atoms with Crippen LogP contribution in [0.1, 0.15) is 32.8 Å². The van der Waals surface area contributed by atoms with Crippen molar-refractivity contribution in [3.8, 4) is 0 Å². The van der Waals surface area contributed by atoms with Gasteiger partial charge in [-0.1, -0.05) is 12.1 Å². The third-order valence-electron chi connectivity index (χ3n) is 4.54. The largest absolute Gasteiger partial charge is 0.336 e. The van der Waals surface area contributed by atoms with Gasteiger partial charge in [-0.25, -0.2) is 4.98 Å². The Morgan fingerprint density at radius 3 is 2.83 bits per heavy atom. The summed E-state index contributed by atoms with van der Waals surface area (Å²) in [7, 11) is 0. The second-order valence-corrected chi connectivity index (χ2v) is 7.41. The Kier molecular flexibility index (Phi) is 3.45. The van der Waals surface area contributed by atoms with Crippen LogP contribution in [-0.2, 0) is 0 Å². The molecule has 1 aromatic carbocycles. The van der Waals surface area contributed by atoms with Crippen LogP contribution >= 0.6 is 11.3 Å². The smallest absolute Gasteiger partial charge is 0.263 e. The quantitative estimate of drug-likeness (QED) is 0.719. The maximum atomic E-state index is 12.6. The van der Waals surface area contributed by atoms with Crippen molar-refractivity contribution in [3.63, 3.8) is 0 Å². The summed E-state index contributed by atoms with van der Waals surface area (Å²) in [5.74, 6) is 1.19. The average Bonchev–Trinajstić information content (AvgIpc) is 3.23. The highest BCUT2D eigenvalue weighted by atomic mass is 32.1. The Morgan fingerprint density at radius 2 is 2.04 bits per heavy atom. The third-order valence-corrected chi connectivity index (χ3v) is 5.53. The van der Waals surface area contributed by atoms with Crippen LogP contribution in [0.3, 0.4) is 0 Å². The molecule has 0 saturated carbocycles. The first-order chi connectivity index (χ1) is 11.1. The molecule has 1 aliphatic rings. The van der Waals surface area contributed by atoms with Crippen molar-refractivity contribution in [2.45, 2.75) is 26.3 Å². The molecule has 0 aliphatic carbocycles. The topological polar surface area (TPSA) is 38.1 Å². The Morgan fingerprint density at radius 1 is 1.22 bits per heavy atom. The number of hydrogen-bond acceptors (Lipinski definition) is 3. The molecule has 23 heavy (non-hydrogen) atoms. The van der Waals surface area contributed by atoms with Gasteiger partial charge in [0, 0.05) is 18.0 Å². The van der Waals surface area contributed by atoms with Crippen LogP contribution in [-0.4, -0.2) is 33.4 Å². The number of nitrogens with zero attached hydrogens (tertiary/aromatic N) is 3. The number of imidazole rings is 1. The number of amides is 1. The van der Waals surface area contributed by atoms with Gasteiger partial charge in [0.1, 0.15) is 5.82 Å². The lowest BCUT2D eigenvalue weighted by molar-refractivity contribution is 0.0792. The molecule has 3 heterocycles. The Hall–Kier alpha value is -2.14. The van der Waals surface area contributed by atoms with Crippen molar-refractivity contribution in [2.24, 2.45) is 0 Å². The van der Waals surface area contributed by atoms with Crippen LogP contribution in [0.15, 0.2) is 36.4 Å². The molecular formula is C18H19N3OS. The minimum atomic E-state index is 0.160. The first kappa shape index (κ1) is 14.5. The standard InChI is InChI=1S/C18H19N3OS/c1-12-7-8-17(23-12)18(22)20-10-9-14(11-20)21-13(2)19-15-5-3-4-6-16(15)21/h3-8,14H,9-11H2,1-2H3. The Labute approximate surface area is 139 Å². The second kappa shape index (κ2) is 5.49. The lowest BCUT2D eigenvalue weighted by Crippen LogP contribution is -2.28. The number of rotatable bonds is 2. The summed E-state index contributed by atoms with van der Waals surface area (Å²) in [5.41, 5.74) is 2.19. The van der Waals surface area contributed by atoms with Gasteiger partial charge in [0.05, 0.1) is 22.0 Å². The van der Waals surface area contributed by atoms with Gasteiger partial charge in [-0.15, -0.1) is 11.3 Å². The molecular weight excluding hydrogens is 306 g/mol. The fourth-order valence-electron chi connectivity index (χ4n) is 3.47. The van der Waals surface area contributed by atoms with E-state index in [1.54, 1.807) is 11.3 Å². The normalized spacial score (nSPS) is 18.0. The Bertz CT molecular complexity index is 879. The SMILES string of the molecule is Cc1ccc(C(=O)N2CCC(n3c(C)nc4ccccc43)C2)s1. The molecule has 0 spiro atoms. The van der Waals surface area contributed by atoms with E-state index < -0.39 is 0 Å². The van der Waals surface area contributed by atoms with Crippen molar-refractivity contribution in [2.75, 3.05) is 13.1 Å². The van der Waals surface area contributed by atoms with Crippen molar-refractivity contribution in [1.29, 1.82) is 0 Å². The van der Waals surface area contributed by atoms with Crippen molar-refractivity contribution < 1.29 is 4.79 Å². The number of fused-ring (bicyclic) bond motifs is 1. The van der Waals surface area contributed by atoms with Gasteiger partial charge in [-0.05, 0) is 44.5 Å². The van der Waals surface area contributed by atoms with E-state index in [1.165, 1.54) is 4.88 Å². The molecule has 1 unspecified atom stereocenters. The molecule has 118 valence electrons. The number of carbonyl (C=O) groups is 1. The molecule has 5 heteroatoms. The number of para-hydroxylation sites is 2. The monoisotopic (exact) mass is 325 g/mol. The summed E-state index contributed by atoms with van der Waals surface area (Å²) in [4.78, 5) is 21.3. The third kappa shape index (κ3) is 2.45. The van der Waals surface area contributed by atoms with Crippen molar-refractivity contribution >= 4 is 28.3 Å². The molecule has 4 rings (SSSR count). The first-order valence-electron chi connectivity index (χ1n) is 7.93. The van der Waals surface area contributed by atoms with E-state index in [-0.39, 0.29) is 5.91 Å². The zero-order valence-corrected chi connectivity index (χ0v) is 14.1. The Balaban J connectivity index is 1.60. The molecule has 0 radical (unpaired) electrons. The fourth-order valence-corrected chi connectivity index (χ4v) is 4.30. The molecule has 1 aliphatic heterocycles. The molecule has 0 N–H and O–H groups in total. The number of aryl methyl sites for hydroxylation is 2. The molecule has 1 atom stereocenters. The fraction of sp³-hybridized carbons (Fsp3) is 0.333. The second-order valence-electron chi connectivity index (χ2n) is 6.12. The van der Waals surface area contributed by atoms with Crippen LogP contribution in [0.2, 0.25) is 0 Å². The number of carbonyl (C=O) groups excluding carboxylic acids is 1. The predicted molar refractivity (Wildman–Crippen MR) is 93.1 cm³/mol. The van der Waals surface area contributed by atoms with Gasteiger partial charge >= 0.3 is 0 Å². The van der Waals surface area contributed by atoms with E-state index in [0.29, 0.717) is 6.04 Å². The van der Waals surface area contributed by atoms with E-state index in [2.05, 4.69) is 15.6 Å². The van der Waals surface area contributed by atoms with Gasteiger partial charge in [0.25, 0.3) is 5.91 Å². The molecule has 1 fully saturated rings. The molecule has 4 nitrogen and oxygen atoms in total. The van der Waals surface area contributed by atoms with E-state index in [9.17, 15) is 4.79 Å². The van der Waals surface area contributed by atoms with E-state index in [0.717, 1.165) is 41.2 Å². The number of likely N-dealkylation sites (tertiary alicyclic amines) is 1. The number of thiophene rings is 1. The summed E-state index contributed by atoms with van der Waals surface area (Å²) >= 11 is 1.58. The summed E-state index contributed by atoms with van der Waals surface area (Å²) in [6.07, 6.45) is 0.983. The summed E-state index contributed by atoms with van der Waals surface area (Å²) in [6, 6.07) is 12.5.